The lowest BCUT2D eigenvalue weighted by atomic mass is 9.97. The number of carbonyl (C=O) groups excluding carboxylic acids is 3. The van der Waals surface area contributed by atoms with E-state index in [0.717, 1.165) is 42.9 Å². The highest BCUT2D eigenvalue weighted by Gasteiger charge is 2.25. The zero-order valence-electron chi connectivity index (χ0n) is 29.4. The standard InChI is InChI=1S/C22H28N8.C11H19NO4.C2H6/c1-2-3-8-21-24-20(14-23)27-30(21)15-16-9-11-17(12-10-16)18-6-4-5-7-19(13-18)22-25-28-29-26-22;1-8(14)12-9(6-5-7-13)10(15)16-11(2,3)4;1-2/h4-7,9-12,28-29H,2-3,8,13-15,23H2,1H3,(H,25,26);7,9H,5-6H2,1-4H3,(H,12,14);1-2H3. The van der Waals surface area contributed by atoms with E-state index < -0.39 is 17.6 Å². The van der Waals surface area contributed by atoms with Gasteiger partial charge < -0.3 is 20.6 Å². The van der Waals surface area contributed by atoms with Crippen LogP contribution >= 0.6 is 0 Å². The number of rotatable bonds is 13. The van der Waals surface area contributed by atoms with Gasteiger partial charge in [-0.15, -0.1) is 10.6 Å². The number of hydrogen-bond donors (Lipinski definition) is 5. The molecule has 48 heavy (non-hydrogen) atoms. The van der Waals surface area contributed by atoms with Crippen molar-refractivity contribution in [1.82, 2.24) is 36.6 Å². The van der Waals surface area contributed by atoms with Crippen molar-refractivity contribution in [2.45, 2.75) is 112 Å². The Kier molecular flexibility index (Phi) is 17.0. The van der Waals surface area contributed by atoms with Gasteiger partial charge >= 0.3 is 5.97 Å². The smallest absolute Gasteiger partial charge is 0.329 e. The average molecular weight is 664 g/mol. The lowest BCUT2D eigenvalue weighted by molar-refractivity contribution is -0.158. The number of amidine groups is 1. The van der Waals surface area contributed by atoms with Gasteiger partial charge in [0.1, 0.15) is 23.8 Å². The van der Waals surface area contributed by atoms with Crippen LogP contribution in [0.1, 0.15) is 103 Å². The fourth-order valence-electron chi connectivity index (χ4n) is 4.64. The number of hydrazone groups is 1. The van der Waals surface area contributed by atoms with Gasteiger partial charge in [0.05, 0.1) is 13.1 Å². The highest BCUT2D eigenvalue weighted by Crippen LogP contribution is 2.26. The van der Waals surface area contributed by atoms with E-state index in [-0.39, 0.29) is 18.7 Å². The second-order valence-electron chi connectivity index (χ2n) is 11.9. The predicted octanol–water partition coefficient (Wildman–Crippen LogP) is 4.16. The number of benzene rings is 1. The number of allylic oxidation sites excluding steroid dienone is 5. The van der Waals surface area contributed by atoms with Gasteiger partial charge in [0.2, 0.25) is 5.91 Å². The Hall–Kier alpha value is -4.62. The maximum Gasteiger partial charge on any atom is 0.329 e. The summed E-state index contributed by atoms with van der Waals surface area (Å²) in [5.74, 6) is 1.71. The Morgan fingerprint density at radius 3 is 2.38 bits per heavy atom. The first-order valence-corrected chi connectivity index (χ1v) is 16.6. The second-order valence-corrected chi connectivity index (χ2v) is 11.9. The molecule has 1 atom stereocenters. The SMILES string of the molecule is CC.CC(=O)NC(CCC=O)C(=O)OC(C)(C)C.CCCCc1nc(CN)nn1Cc1ccc(C2=CC=CC=C(C3=NNNN3)C2)cc1. The molecule has 0 spiro atoms. The summed E-state index contributed by atoms with van der Waals surface area (Å²) in [6, 6.07) is 7.92. The monoisotopic (exact) mass is 663 g/mol. The molecule has 1 aromatic heterocycles. The Bertz CT molecular complexity index is 1450. The van der Waals surface area contributed by atoms with E-state index in [2.05, 4.69) is 86.4 Å². The van der Waals surface area contributed by atoms with Crippen molar-refractivity contribution in [1.29, 1.82) is 0 Å². The van der Waals surface area contributed by atoms with Crippen LogP contribution in [0.25, 0.3) is 5.57 Å². The molecule has 0 radical (unpaired) electrons. The van der Waals surface area contributed by atoms with Crippen LogP contribution in [0, 0.1) is 0 Å². The van der Waals surface area contributed by atoms with Crippen molar-refractivity contribution in [3.63, 3.8) is 0 Å². The molecular formula is C35H53N9O4. The Labute approximate surface area is 284 Å². The van der Waals surface area contributed by atoms with Gasteiger partial charge in [-0.1, -0.05) is 75.8 Å². The summed E-state index contributed by atoms with van der Waals surface area (Å²) in [6.07, 6.45) is 13.5. The lowest BCUT2D eigenvalue weighted by Crippen LogP contribution is -2.43. The molecule has 2 aliphatic rings. The lowest BCUT2D eigenvalue weighted by Gasteiger charge is -2.23. The topological polar surface area (TPSA) is 178 Å². The summed E-state index contributed by atoms with van der Waals surface area (Å²) in [5, 5.41) is 11.3. The summed E-state index contributed by atoms with van der Waals surface area (Å²) in [7, 11) is 0. The van der Waals surface area contributed by atoms with Gasteiger partial charge in [0, 0.05) is 31.8 Å². The van der Waals surface area contributed by atoms with Crippen LogP contribution in [0.5, 0.6) is 0 Å². The molecule has 262 valence electrons. The van der Waals surface area contributed by atoms with Gasteiger partial charge in [-0.2, -0.15) is 5.10 Å². The molecule has 1 aliphatic carbocycles. The van der Waals surface area contributed by atoms with E-state index in [1.54, 1.807) is 20.8 Å². The first-order chi connectivity index (χ1) is 23.0. The van der Waals surface area contributed by atoms with Crippen LogP contribution < -0.4 is 27.5 Å². The molecule has 0 bridgehead atoms. The number of unbranched alkanes of at least 4 members (excludes halogenated alkanes) is 1. The Balaban J connectivity index is 0.000000380. The summed E-state index contributed by atoms with van der Waals surface area (Å²) in [5.41, 5.74) is 18.4. The van der Waals surface area contributed by atoms with Crippen molar-refractivity contribution in [3.05, 3.63) is 76.9 Å². The molecular weight excluding hydrogens is 610 g/mol. The number of nitrogens with two attached hydrogens (primary N) is 1. The number of aryl methyl sites for hydroxylation is 1. The van der Waals surface area contributed by atoms with Crippen molar-refractivity contribution in [2.75, 3.05) is 0 Å². The van der Waals surface area contributed by atoms with Crippen LogP contribution in [0.2, 0.25) is 0 Å². The maximum atomic E-state index is 11.6. The Morgan fingerprint density at radius 1 is 1.12 bits per heavy atom. The van der Waals surface area contributed by atoms with Gasteiger partial charge in [-0.3, -0.25) is 10.2 Å². The minimum absolute atomic E-state index is 0.212. The van der Waals surface area contributed by atoms with Crippen LogP contribution in [-0.2, 0) is 38.6 Å². The number of hydrogen-bond acceptors (Lipinski definition) is 11. The Morgan fingerprint density at radius 2 is 1.81 bits per heavy atom. The van der Waals surface area contributed by atoms with Gasteiger partial charge in [0.15, 0.2) is 11.7 Å². The van der Waals surface area contributed by atoms with E-state index in [1.807, 2.05) is 24.6 Å². The van der Waals surface area contributed by atoms with E-state index >= 15 is 0 Å². The predicted molar refractivity (Wildman–Crippen MR) is 189 cm³/mol. The largest absolute Gasteiger partial charge is 0.458 e. The molecule has 1 aliphatic heterocycles. The number of nitrogens with one attached hydrogen (secondary N) is 4. The molecule has 1 unspecified atom stereocenters. The fourth-order valence-corrected chi connectivity index (χ4v) is 4.64. The van der Waals surface area contributed by atoms with Crippen LogP contribution in [0.4, 0.5) is 0 Å². The van der Waals surface area contributed by atoms with E-state index in [1.165, 1.54) is 23.6 Å². The molecule has 1 aromatic carbocycles. The van der Waals surface area contributed by atoms with E-state index in [9.17, 15) is 14.4 Å². The van der Waals surface area contributed by atoms with E-state index in [0.29, 0.717) is 25.2 Å². The number of esters is 1. The molecule has 6 N–H and O–H groups in total. The quantitative estimate of drug-likeness (QED) is 0.154. The number of carbonyl (C=O) groups is 3. The normalized spacial score (nSPS) is 14.2. The van der Waals surface area contributed by atoms with Crippen LogP contribution in [-0.4, -0.2) is 50.4 Å². The average Bonchev–Trinajstić information content (AvgIpc) is 3.67. The minimum Gasteiger partial charge on any atom is -0.458 e. The highest BCUT2D eigenvalue weighted by molar-refractivity contribution is 6.01. The molecule has 1 amide bonds. The van der Waals surface area contributed by atoms with Crippen molar-refractivity contribution < 1.29 is 19.1 Å². The third-order valence-corrected chi connectivity index (χ3v) is 6.82. The molecule has 0 saturated carbocycles. The second kappa shape index (κ2) is 20.6. The third kappa shape index (κ3) is 13.6. The number of amides is 1. The van der Waals surface area contributed by atoms with Gasteiger partial charge in [0.25, 0.3) is 0 Å². The maximum absolute atomic E-state index is 11.6. The number of aldehydes is 1. The van der Waals surface area contributed by atoms with Crippen LogP contribution in [0.15, 0.2) is 59.2 Å². The zero-order chi connectivity index (χ0) is 35.5. The van der Waals surface area contributed by atoms with Gasteiger partial charge in [-0.05, 0) is 50.3 Å². The molecule has 0 fully saturated rings. The molecule has 0 saturated heterocycles. The number of aromatic nitrogens is 3. The van der Waals surface area contributed by atoms with E-state index in [4.69, 9.17) is 10.5 Å². The first-order valence-electron chi connectivity index (χ1n) is 16.6. The van der Waals surface area contributed by atoms with Gasteiger partial charge in [-0.25, -0.2) is 20.0 Å². The minimum atomic E-state index is -0.748. The van der Waals surface area contributed by atoms with Crippen molar-refractivity contribution >= 4 is 29.6 Å². The summed E-state index contributed by atoms with van der Waals surface area (Å²) in [4.78, 5) is 37.4. The number of ether oxygens (including phenoxy) is 1. The van der Waals surface area contributed by atoms with Crippen LogP contribution in [0.3, 0.4) is 0 Å². The molecule has 2 heterocycles. The zero-order valence-corrected chi connectivity index (χ0v) is 29.4. The molecule has 13 nitrogen and oxygen atoms in total. The van der Waals surface area contributed by atoms with Crippen molar-refractivity contribution in [3.8, 4) is 0 Å². The number of nitrogens with zero attached hydrogens (tertiary/aromatic N) is 4. The summed E-state index contributed by atoms with van der Waals surface area (Å²) in [6.45, 7) is 13.8. The molecule has 2 aromatic rings. The third-order valence-electron chi connectivity index (χ3n) is 6.82. The summed E-state index contributed by atoms with van der Waals surface area (Å²) >= 11 is 0. The number of hydrazine groups is 2. The summed E-state index contributed by atoms with van der Waals surface area (Å²) < 4.78 is 7.12. The fraction of sp³-hybridized carbons (Fsp3) is 0.486. The molecule has 13 heteroatoms. The van der Waals surface area contributed by atoms with Crippen molar-refractivity contribution in [2.24, 2.45) is 10.8 Å². The highest BCUT2D eigenvalue weighted by atomic mass is 16.6. The molecule has 4 rings (SSSR count). The first kappa shape index (κ1) is 39.6.